The molecule has 0 amide bonds. The van der Waals surface area contributed by atoms with E-state index in [-0.39, 0.29) is 0 Å². The van der Waals surface area contributed by atoms with E-state index in [9.17, 15) is 4.79 Å². The van der Waals surface area contributed by atoms with Gasteiger partial charge in [-0.05, 0) is 25.7 Å². The van der Waals surface area contributed by atoms with E-state index in [1.54, 1.807) is 0 Å². The van der Waals surface area contributed by atoms with Crippen molar-refractivity contribution in [3.63, 3.8) is 0 Å². The van der Waals surface area contributed by atoms with Gasteiger partial charge in [0.25, 0.3) is 0 Å². The number of rotatable bonds is 11. The molecule has 0 atom stereocenters. The molecule has 1 heteroatoms. The third-order valence-electron chi connectivity index (χ3n) is 2.60. The maximum absolute atomic E-state index is 10.1. The minimum absolute atomic E-state index is 0.752. The van der Waals surface area contributed by atoms with Crippen molar-refractivity contribution in [1.82, 2.24) is 0 Å². The molecule has 0 aromatic heterocycles. The molecular weight excluding hydrogens is 184 g/mol. The van der Waals surface area contributed by atoms with Crippen LogP contribution >= 0.6 is 0 Å². The van der Waals surface area contributed by atoms with Gasteiger partial charge in [-0.15, -0.1) is 0 Å². The smallest absolute Gasteiger partial charge is 0.119 e. The molecule has 0 heterocycles. The maximum Gasteiger partial charge on any atom is 0.119 e. The summed E-state index contributed by atoms with van der Waals surface area (Å²) >= 11 is 0. The Bertz CT molecular complexity index is 149. The van der Waals surface area contributed by atoms with Crippen LogP contribution in [0.4, 0.5) is 0 Å². The molecule has 0 aromatic carbocycles. The van der Waals surface area contributed by atoms with Crippen LogP contribution in [0, 0.1) is 0 Å². The highest BCUT2D eigenvalue weighted by molar-refractivity contribution is 5.48. The molecule has 0 aliphatic rings. The Morgan fingerprint density at radius 3 is 1.80 bits per heavy atom. The van der Waals surface area contributed by atoms with Gasteiger partial charge in [0, 0.05) is 6.42 Å². The Balaban J connectivity index is 2.92. The Hall–Kier alpha value is -0.590. The molecule has 0 fully saturated rings. The van der Waals surface area contributed by atoms with Crippen molar-refractivity contribution in [2.75, 3.05) is 0 Å². The van der Waals surface area contributed by atoms with E-state index < -0.39 is 0 Å². The predicted molar refractivity (Wildman–Crippen MR) is 67.0 cm³/mol. The van der Waals surface area contributed by atoms with Crippen molar-refractivity contribution < 1.29 is 4.79 Å². The summed E-state index contributed by atoms with van der Waals surface area (Å²) in [5.74, 6) is 0. The van der Waals surface area contributed by atoms with Crippen LogP contribution in [-0.2, 0) is 4.79 Å². The van der Waals surface area contributed by atoms with E-state index in [1.165, 1.54) is 44.9 Å². The van der Waals surface area contributed by atoms with Crippen molar-refractivity contribution in [1.29, 1.82) is 0 Å². The topological polar surface area (TPSA) is 17.1 Å². The zero-order valence-corrected chi connectivity index (χ0v) is 10.2. The lowest BCUT2D eigenvalue weighted by atomic mass is 10.1. The van der Waals surface area contributed by atoms with E-state index in [0.717, 1.165) is 25.5 Å². The molecule has 0 aliphatic heterocycles. The van der Waals surface area contributed by atoms with Crippen molar-refractivity contribution in [2.45, 2.75) is 71.1 Å². The number of aldehydes is 1. The molecule has 0 bridgehead atoms. The second-order valence-electron chi connectivity index (χ2n) is 4.10. The van der Waals surface area contributed by atoms with Crippen LogP contribution in [0.5, 0.6) is 0 Å². The Morgan fingerprint density at radius 2 is 1.27 bits per heavy atom. The summed E-state index contributed by atoms with van der Waals surface area (Å²) in [6.45, 7) is 2.18. The number of carbonyl (C=O) groups excluding carboxylic acids is 1. The molecular formula is C14H26O. The lowest BCUT2D eigenvalue weighted by molar-refractivity contribution is -0.107. The molecule has 0 spiro atoms. The second kappa shape index (κ2) is 13.4. The lowest BCUT2D eigenvalue weighted by Crippen LogP contribution is -1.81. The molecule has 0 rings (SSSR count). The van der Waals surface area contributed by atoms with Gasteiger partial charge in [-0.25, -0.2) is 0 Å². The summed E-state index contributed by atoms with van der Waals surface area (Å²) in [6, 6.07) is 0. The predicted octanol–water partition coefficient (Wildman–Crippen LogP) is 4.66. The highest BCUT2D eigenvalue weighted by Gasteiger charge is 1.90. The molecule has 0 aliphatic carbocycles. The molecule has 0 N–H and O–H groups in total. The van der Waals surface area contributed by atoms with Crippen molar-refractivity contribution in [3.05, 3.63) is 12.2 Å². The number of hydrogen-bond donors (Lipinski definition) is 0. The number of carbonyl (C=O) groups is 1. The number of hydrogen-bond acceptors (Lipinski definition) is 1. The normalized spacial score (nSPS) is 11.0. The van der Waals surface area contributed by atoms with Crippen LogP contribution in [-0.4, -0.2) is 6.29 Å². The van der Waals surface area contributed by atoms with Crippen molar-refractivity contribution in [2.24, 2.45) is 0 Å². The minimum Gasteiger partial charge on any atom is -0.303 e. The van der Waals surface area contributed by atoms with Gasteiger partial charge >= 0.3 is 0 Å². The van der Waals surface area contributed by atoms with Gasteiger partial charge in [0.15, 0.2) is 0 Å². The molecule has 0 saturated carbocycles. The average Bonchev–Trinajstić information content (AvgIpc) is 2.26. The monoisotopic (exact) mass is 210 g/mol. The Kier molecular flexibility index (Phi) is 12.9. The van der Waals surface area contributed by atoms with E-state index in [2.05, 4.69) is 19.1 Å². The molecule has 0 radical (unpaired) electrons. The van der Waals surface area contributed by atoms with E-state index in [4.69, 9.17) is 0 Å². The van der Waals surface area contributed by atoms with Crippen LogP contribution in [0.2, 0.25) is 0 Å². The molecule has 0 saturated heterocycles. The molecule has 0 unspecified atom stereocenters. The van der Waals surface area contributed by atoms with Gasteiger partial charge in [0.05, 0.1) is 0 Å². The molecule has 1 nitrogen and oxygen atoms in total. The van der Waals surface area contributed by atoms with Gasteiger partial charge < -0.3 is 4.79 Å². The fraction of sp³-hybridized carbons (Fsp3) is 0.786. The molecule has 0 aromatic rings. The average molecular weight is 210 g/mol. The van der Waals surface area contributed by atoms with E-state index >= 15 is 0 Å². The number of unbranched alkanes of at least 4 members (excludes halogenated alkanes) is 8. The summed E-state index contributed by atoms with van der Waals surface area (Å²) in [4.78, 5) is 10.1. The van der Waals surface area contributed by atoms with E-state index in [0.29, 0.717) is 0 Å². The zero-order chi connectivity index (χ0) is 11.2. The first kappa shape index (κ1) is 14.4. The highest BCUT2D eigenvalue weighted by atomic mass is 16.1. The Morgan fingerprint density at radius 1 is 0.733 bits per heavy atom. The summed E-state index contributed by atoms with van der Waals surface area (Å²) in [6.07, 6.45) is 17.8. The first-order valence-electron chi connectivity index (χ1n) is 6.50. The van der Waals surface area contributed by atoms with Crippen LogP contribution in [0.15, 0.2) is 12.2 Å². The first-order valence-corrected chi connectivity index (χ1v) is 6.50. The largest absolute Gasteiger partial charge is 0.303 e. The standard InChI is InChI=1S/C14H26O/c1-2-3-4-5-6-7-8-9-10-11-12-13-14-15/h3-4,14H,2,5-13H2,1H3/b4-3-. The van der Waals surface area contributed by atoms with Gasteiger partial charge in [0.1, 0.15) is 6.29 Å². The quantitative estimate of drug-likeness (QED) is 0.275. The highest BCUT2D eigenvalue weighted by Crippen LogP contribution is 2.09. The number of allylic oxidation sites excluding steroid dienone is 2. The summed E-state index contributed by atoms with van der Waals surface area (Å²) in [7, 11) is 0. The SMILES string of the molecule is CC/C=C\CCCCCCCCCC=O. The van der Waals surface area contributed by atoms with Gasteiger partial charge in [-0.2, -0.15) is 0 Å². The van der Waals surface area contributed by atoms with Gasteiger partial charge in [0.2, 0.25) is 0 Å². The van der Waals surface area contributed by atoms with Crippen LogP contribution < -0.4 is 0 Å². The summed E-state index contributed by atoms with van der Waals surface area (Å²) in [5.41, 5.74) is 0. The molecule has 15 heavy (non-hydrogen) atoms. The fourth-order valence-electron chi connectivity index (χ4n) is 1.66. The van der Waals surface area contributed by atoms with Gasteiger partial charge in [-0.1, -0.05) is 51.2 Å². The van der Waals surface area contributed by atoms with Crippen molar-refractivity contribution in [3.8, 4) is 0 Å². The third-order valence-corrected chi connectivity index (χ3v) is 2.60. The van der Waals surface area contributed by atoms with Crippen molar-refractivity contribution >= 4 is 6.29 Å². The first-order chi connectivity index (χ1) is 7.41. The third kappa shape index (κ3) is 13.4. The fourth-order valence-corrected chi connectivity index (χ4v) is 1.66. The minimum atomic E-state index is 0.752. The second-order valence-corrected chi connectivity index (χ2v) is 4.10. The summed E-state index contributed by atoms with van der Waals surface area (Å²) in [5, 5.41) is 0. The van der Waals surface area contributed by atoms with E-state index in [1.807, 2.05) is 0 Å². The van der Waals surface area contributed by atoms with Crippen LogP contribution in [0.25, 0.3) is 0 Å². The lowest BCUT2D eigenvalue weighted by Gasteiger charge is -1.99. The maximum atomic E-state index is 10.1. The van der Waals surface area contributed by atoms with Crippen LogP contribution in [0.1, 0.15) is 71.1 Å². The zero-order valence-electron chi connectivity index (χ0n) is 10.2. The molecule has 88 valence electrons. The van der Waals surface area contributed by atoms with Crippen LogP contribution in [0.3, 0.4) is 0 Å². The summed E-state index contributed by atoms with van der Waals surface area (Å²) < 4.78 is 0. The Labute approximate surface area is 95.0 Å². The van der Waals surface area contributed by atoms with Gasteiger partial charge in [-0.3, -0.25) is 0 Å².